The van der Waals surface area contributed by atoms with Gasteiger partial charge in [0.25, 0.3) is 17.4 Å². The van der Waals surface area contributed by atoms with E-state index < -0.39 is 45.5 Å². The van der Waals surface area contributed by atoms with Gasteiger partial charge in [-0.1, -0.05) is 25.0 Å². The highest BCUT2D eigenvalue weighted by Gasteiger charge is 2.45. The van der Waals surface area contributed by atoms with Crippen molar-refractivity contribution in [1.82, 2.24) is 34.0 Å². The molecule has 1 aliphatic carbocycles. The van der Waals surface area contributed by atoms with Crippen LogP contribution in [0.4, 0.5) is 16.0 Å². The lowest BCUT2D eigenvalue weighted by Crippen LogP contribution is -2.54. The van der Waals surface area contributed by atoms with Crippen molar-refractivity contribution >= 4 is 56.3 Å². The first-order chi connectivity index (χ1) is 29.4. The van der Waals surface area contributed by atoms with Gasteiger partial charge in [0.15, 0.2) is 0 Å². The number of aromatic nitrogens is 3. The molecule has 4 aliphatic heterocycles. The molecule has 316 valence electrons. The zero-order valence-electron chi connectivity index (χ0n) is 33.2. The number of piperidine rings is 2. The van der Waals surface area contributed by atoms with Gasteiger partial charge in [0.2, 0.25) is 27.8 Å². The second-order valence-corrected chi connectivity index (χ2v) is 18.2. The third kappa shape index (κ3) is 7.53. The van der Waals surface area contributed by atoms with Crippen LogP contribution in [0.3, 0.4) is 0 Å². The molecule has 3 saturated heterocycles. The number of hydrogen-bond donors (Lipinski definition) is 2. The van der Waals surface area contributed by atoms with E-state index in [1.54, 1.807) is 33.9 Å². The van der Waals surface area contributed by atoms with Crippen molar-refractivity contribution in [2.45, 2.75) is 80.9 Å². The van der Waals surface area contributed by atoms with Crippen molar-refractivity contribution in [3.05, 3.63) is 87.1 Å². The van der Waals surface area contributed by atoms with Crippen LogP contribution in [0.2, 0.25) is 0 Å². The van der Waals surface area contributed by atoms with Gasteiger partial charge in [0, 0.05) is 75.9 Å². The average Bonchev–Trinajstić information content (AvgIpc) is 3.87. The van der Waals surface area contributed by atoms with E-state index in [0.717, 1.165) is 42.2 Å². The molecule has 4 aromatic rings. The molecule has 1 unspecified atom stereocenters. The van der Waals surface area contributed by atoms with Gasteiger partial charge >= 0.3 is 0 Å². The van der Waals surface area contributed by atoms with Gasteiger partial charge in [0.05, 0.1) is 21.7 Å². The third-order valence-corrected chi connectivity index (χ3v) is 14.4. The number of nitrogens with one attached hydrogen (secondary N) is 2. The number of nitrogens with zero attached hydrogens (tertiary/aromatic N) is 8. The summed E-state index contributed by atoms with van der Waals surface area (Å²) >= 11 is 0. The Morgan fingerprint density at radius 1 is 0.885 bits per heavy atom. The van der Waals surface area contributed by atoms with Crippen molar-refractivity contribution in [3.63, 3.8) is 0 Å². The molecule has 2 aromatic heterocycles. The fourth-order valence-electron chi connectivity index (χ4n) is 9.27. The third-order valence-electron chi connectivity index (χ3n) is 12.5. The summed E-state index contributed by atoms with van der Waals surface area (Å²) in [7, 11) is -3.81. The average molecular weight is 851 g/mol. The Labute approximate surface area is 350 Å². The topological polar surface area (TPSA) is 211 Å². The number of pyridine rings is 1. The summed E-state index contributed by atoms with van der Waals surface area (Å²) < 4.78 is 46.4. The minimum absolute atomic E-state index is 0.00307. The largest absolute Gasteiger partial charge is 0.367 e. The molecule has 6 heterocycles. The minimum Gasteiger partial charge on any atom is -0.367 e. The predicted molar refractivity (Wildman–Crippen MR) is 218 cm³/mol. The number of nitriles is 1. The zero-order valence-corrected chi connectivity index (χ0v) is 34.0. The standard InChI is InChI=1S/C42H43FN10O7S/c43-33-20-31-32(41(58)53(40(31)57)34-8-9-36(54)47-38(34)55)21-35(33)50-16-14-49(15-17-50)24-25-4-3-7-30(18-25)61(59,60)51-12-10-28(11-13-51)46-42-45-23-27-19-26(22-44)39(56)52(37(27)48-42)29-5-1-2-6-29/h3-4,7,18-21,23,28-29,34H,1-2,5-6,8-17,24H2,(H,45,46,48)(H,47,54,55). The van der Waals surface area contributed by atoms with E-state index in [0.29, 0.717) is 62.5 Å². The van der Waals surface area contributed by atoms with Gasteiger partial charge in [0.1, 0.15) is 29.1 Å². The summed E-state index contributed by atoms with van der Waals surface area (Å²) in [5, 5.41) is 15.7. The smallest absolute Gasteiger partial charge is 0.270 e. The van der Waals surface area contributed by atoms with Crippen molar-refractivity contribution in [2.75, 3.05) is 49.5 Å². The molecule has 2 N–H and O–H groups in total. The van der Waals surface area contributed by atoms with Gasteiger partial charge < -0.3 is 10.2 Å². The summed E-state index contributed by atoms with van der Waals surface area (Å²) in [6, 6.07) is 11.5. The van der Waals surface area contributed by atoms with E-state index in [4.69, 9.17) is 4.98 Å². The quantitative estimate of drug-likeness (QED) is 0.233. The molecule has 0 bridgehead atoms. The van der Waals surface area contributed by atoms with Crippen LogP contribution < -0.4 is 21.1 Å². The summed E-state index contributed by atoms with van der Waals surface area (Å²) in [6.07, 6.45) is 6.33. The minimum atomic E-state index is -3.81. The highest BCUT2D eigenvalue weighted by atomic mass is 32.2. The first-order valence-corrected chi connectivity index (χ1v) is 22.0. The molecule has 4 fully saturated rings. The SMILES string of the molecule is N#Cc1cc2cnc(NC3CCN(S(=O)(=O)c4cccc(CN5CCN(c6cc7c(cc6F)C(=O)N(C6CCC(=O)NC6=O)C7=O)CC5)c4)CC3)nc2n(C2CCCC2)c1=O. The normalized spacial score (nSPS) is 21.0. The van der Waals surface area contributed by atoms with Gasteiger partial charge in [-0.3, -0.25) is 43.7 Å². The van der Waals surface area contributed by atoms with Crippen LogP contribution >= 0.6 is 0 Å². The fourth-order valence-corrected chi connectivity index (χ4v) is 10.8. The van der Waals surface area contributed by atoms with E-state index in [-0.39, 0.29) is 70.8 Å². The number of fused-ring (bicyclic) bond motifs is 2. The summed E-state index contributed by atoms with van der Waals surface area (Å²) in [4.78, 5) is 77.9. The Kier molecular flexibility index (Phi) is 10.6. The van der Waals surface area contributed by atoms with Crippen LogP contribution in [0.15, 0.2) is 58.4 Å². The Hall–Kier alpha value is -6.10. The molecular formula is C42H43FN10O7S. The van der Waals surface area contributed by atoms with Crippen LogP contribution in [-0.2, 0) is 26.2 Å². The summed E-state index contributed by atoms with van der Waals surface area (Å²) in [6.45, 7) is 2.87. The van der Waals surface area contributed by atoms with E-state index in [1.807, 2.05) is 12.1 Å². The number of carbonyl (C=O) groups is 4. The number of rotatable bonds is 9. The number of amides is 4. The van der Waals surface area contributed by atoms with Crippen LogP contribution in [0, 0.1) is 17.1 Å². The van der Waals surface area contributed by atoms with E-state index in [2.05, 4.69) is 20.5 Å². The lowest BCUT2D eigenvalue weighted by molar-refractivity contribution is -0.136. The monoisotopic (exact) mass is 850 g/mol. The molecule has 19 heteroatoms. The molecule has 1 atom stereocenters. The highest BCUT2D eigenvalue weighted by molar-refractivity contribution is 7.89. The lowest BCUT2D eigenvalue weighted by Gasteiger charge is -2.36. The Morgan fingerprint density at radius 2 is 1.61 bits per heavy atom. The number of anilines is 2. The molecule has 4 amide bonds. The Morgan fingerprint density at radius 3 is 2.31 bits per heavy atom. The van der Waals surface area contributed by atoms with Crippen molar-refractivity contribution in [1.29, 1.82) is 5.26 Å². The van der Waals surface area contributed by atoms with E-state index >= 15 is 4.39 Å². The van der Waals surface area contributed by atoms with Gasteiger partial charge in [-0.15, -0.1) is 0 Å². The maximum absolute atomic E-state index is 15.5. The number of benzene rings is 2. The molecule has 61 heavy (non-hydrogen) atoms. The van der Waals surface area contributed by atoms with Crippen molar-refractivity contribution in [2.24, 2.45) is 0 Å². The number of piperazine rings is 1. The molecule has 9 rings (SSSR count). The summed E-state index contributed by atoms with van der Waals surface area (Å²) in [5.41, 5.74) is 1.07. The molecule has 0 spiro atoms. The number of imide groups is 2. The Balaban J connectivity index is 0.808. The molecular weight excluding hydrogens is 808 g/mol. The van der Waals surface area contributed by atoms with Crippen LogP contribution in [0.5, 0.6) is 0 Å². The van der Waals surface area contributed by atoms with Crippen LogP contribution in [0.1, 0.15) is 89.3 Å². The van der Waals surface area contributed by atoms with Gasteiger partial charge in [-0.25, -0.2) is 17.8 Å². The summed E-state index contributed by atoms with van der Waals surface area (Å²) in [5.74, 6) is -3.01. The second-order valence-electron chi connectivity index (χ2n) is 16.3. The molecule has 5 aliphatic rings. The molecule has 2 aromatic carbocycles. The first kappa shape index (κ1) is 40.3. The highest BCUT2D eigenvalue weighted by Crippen LogP contribution is 2.34. The molecule has 0 radical (unpaired) electrons. The predicted octanol–water partition coefficient (Wildman–Crippen LogP) is 2.91. The van der Waals surface area contributed by atoms with Crippen LogP contribution in [0.25, 0.3) is 11.0 Å². The zero-order chi connectivity index (χ0) is 42.6. The second kappa shape index (κ2) is 16.1. The lowest BCUT2D eigenvalue weighted by atomic mass is 10.0. The van der Waals surface area contributed by atoms with Gasteiger partial charge in [-0.2, -0.15) is 14.6 Å². The van der Waals surface area contributed by atoms with Crippen molar-refractivity contribution < 1.29 is 32.0 Å². The number of halogens is 1. The maximum Gasteiger partial charge on any atom is 0.270 e. The molecule has 17 nitrogen and oxygen atoms in total. The maximum atomic E-state index is 15.5. The van der Waals surface area contributed by atoms with Gasteiger partial charge in [-0.05, 0) is 68.0 Å². The number of carbonyl (C=O) groups excluding carboxylic acids is 4. The number of sulfonamides is 1. The van der Waals surface area contributed by atoms with Crippen molar-refractivity contribution in [3.8, 4) is 6.07 Å². The van der Waals surface area contributed by atoms with E-state index in [1.165, 1.54) is 16.4 Å². The fraction of sp³-hybridized carbons (Fsp3) is 0.429. The Bertz CT molecular complexity index is 2700. The first-order valence-electron chi connectivity index (χ1n) is 20.6. The van der Waals surface area contributed by atoms with E-state index in [9.17, 15) is 37.7 Å². The number of hydrogen-bond acceptors (Lipinski definition) is 13. The molecule has 1 saturated carbocycles. The van der Waals surface area contributed by atoms with Crippen LogP contribution in [-0.4, -0.2) is 112 Å².